The van der Waals surface area contributed by atoms with Crippen LogP contribution in [0.15, 0.2) is 78.9 Å². The number of nitrogens with zero attached hydrogens (tertiary/aromatic N) is 2. The SMILES string of the molecule is O=C(NC(Cc1ccccc1)C(=O)N1CCN(Cc2ccc3c(c2)OCCO3)CC1)c1ccccc1. The molecule has 2 amide bonds. The Morgan fingerprint density at radius 2 is 1.44 bits per heavy atom. The van der Waals surface area contributed by atoms with Crippen molar-refractivity contribution in [3.05, 3.63) is 95.6 Å². The molecular weight excluding hydrogens is 454 g/mol. The molecule has 2 aliphatic heterocycles. The maximum Gasteiger partial charge on any atom is 0.251 e. The van der Waals surface area contributed by atoms with Gasteiger partial charge in [0.15, 0.2) is 11.5 Å². The van der Waals surface area contributed by atoms with E-state index in [1.165, 1.54) is 0 Å². The first-order chi connectivity index (χ1) is 17.7. The molecule has 0 saturated carbocycles. The molecule has 2 aliphatic rings. The van der Waals surface area contributed by atoms with Gasteiger partial charge in [-0.15, -0.1) is 0 Å². The van der Waals surface area contributed by atoms with E-state index in [0.29, 0.717) is 38.3 Å². The molecule has 1 saturated heterocycles. The van der Waals surface area contributed by atoms with E-state index in [2.05, 4.69) is 16.3 Å². The lowest BCUT2D eigenvalue weighted by Crippen LogP contribution is -2.55. The summed E-state index contributed by atoms with van der Waals surface area (Å²) in [5, 5.41) is 2.99. The quantitative estimate of drug-likeness (QED) is 0.557. The highest BCUT2D eigenvalue weighted by Gasteiger charge is 2.29. The second-order valence-corrected chi connectivity index (χ2v) is 9.16. The molecule has 36 heavy (non-hydrogen) atoms. The second kappa shape index (κ2) is 11.3. The third-order valence-electron chi connectivity index (χ3n) is 6.62. The van der Waals surface area contributed by atoms with Gasteiger partial charge >= 0.3 is 0 Å². The van der Waals surface area contributed by atoms with E-state index in [4.69, 9.17) is 9.47 Å². The van der Waals surface area contributed by atoms with Crippen molar-refractivity contribution < 1.29 is 19.1 Å². The van der Waals surface area contributed by atoms with Crippen LogP contribution in [0.4, 0.5) is 0 Å². The Morgan fingerprint density at radius 3 is 2.17 bits per heavy atom. The number of carbonyl (C=O) groups is 2. The van der Waals surface area contributed by atoms with Crippen LogP contribution in [0, 0.1) is 0 Å². The molecule has 0 spiro atoms. The van der Waals surface area contributed by atoms with Gasteiger partial charge in [-0.2, -0.15) is 0 Å². The molecule has 1 atom stereocenters. The van der Waals surface area contributed by atoms with Crippen LogP contribution in [0.2, 0.25) is 0 Å². The summed E-state index contributed by atoms with van der Waals surface area (Å²) in [7, 11) is 0. The third-order valence-corrected chi connectivity index (χ3v) is 6.62. The summed E-state index contributed by atoms with van der Waals surface area (Å²) in [6.07, 6.45) is 0.454. The number of nitrogens with one attached hydrogen (secondary N) is 1. The monoisotopic (exact) mass is 485 g/mol. The molecule has 0 aromatic heterocycles. The zero-order valence-electron chi connectivity index (χ0n) is 20.3. The fourth-order valence-corrected chi connectivity index (χ4v) is 4.67. The molecule has 186 valence electrons. The van der Waals surface area contributed by atoms with E-state index < -0.39 is 6.04 Å². The van der Waals surface area contributed by atoms with E-state index in [1.54, 1.807) is 12.1 Å². The van der Waals surface area contributed by atoms with Crippen LogP contribution >= 0.6 is 0 Å². The van der Waals surface area contributed by atoms with Crippen LogP contribution in [0.5, 0.6) is 11.5 Å². The highest BCUT2D eigenvalue weighted by Crippen LogP contribution is 2.31. The number of rotatable bonds is 7. The van der Waals surface area contributed by atoms with Gasteiger partial charge < -0.3 is 19.7 Å². The van der Waals surface area contributed by atoms with Gasteiger partial charge in [0.05, 0.1) is 0 Å². The normalized spacial score (nSPS) is 16.3. The Morgan fingerprint density at radius 1 is 0.778 bits per heavy atom. The standard InChI is InChI=1S/C29H31N3O4/c33-28(24-9-5-2-6-10-24)30-25(19-22-7-3-1-4-8-22)29(34)32-15-13-31(14-16-32)21-23-11-12-26-27(20-23)36-18-17-35-26/h1-12,20,25H,13-19,21H2,(H,30,33). The number of ether oxygens (including phenoxy) is 2. The molecule has 1 fully saturated rings. The fourth-order valence-electron chi connectivity index (χ4n) is 4.67. The smallest absolute Gasteiger partial charge is 0.251 e. The van der Waals surface area contributed by atoms with Crippen LogP contribution in [-0.2, 0) is 17.8 Å². The lowest BCUT2D eigenvalue weighted by Gasteiger charge is -2.36. The molecule has 0 aliphatic carbocycles. The maximum atomic E-state index is 13.6. The Kier molecular flexibility index (Phi) is 7.47. The Bertz CT molecular complexity index is 1180. The summed E-state index contributed by atoms with van der Waals surface area (Å²) < 4.78 is 11.3. The van der Waals surface area contributed by atoms with E-state index in [0.717, 1.165) is 42.3 Å². The second-order valence-electron chi connectivity index (χ2n) is 9.16. The lowest BCUT2D eigenvalue weighted by atomic mass is 10.0. The van der Waals surface area contributed by atoms with Crippen LogP contribution in [0.3, 0.4) is 0 Å². The van der Waals surface area contributed by atoms with Crippen molar-refractivity contribution in [2.45, 2.75) is 19.0 Å². The molecule has 0 bridgehead atoms. The predicted molar refractivity (Wildman–Crippen MR) is 137 cm³/mol. The van der Waals surface area contributed by atoms with Gasteiger partial charge in [-0.1, -0.05) is 54.6 Å². The van der Waals surface area contributed by atoms with Crippen molar-refractivity contribution in [3.8, 4) is 11.5 Å². The van der Waals surface area contributed by atoms with Gasteiger partial charge in [-0.25, -0.2) is 0 Å². The van der Waals surface area contributed by atoms with Crippen molar-refractivity contribution in [3.63, 3.8) is 0 Å². The third kappa shape index (κ3) is 5.86. The zero-order valence-corrected chi connectivity index (χ0v) is 20.3. The predicted octanol–water partition coefficient (Wildman–Crippen LogP) is 3.14. The molecule has 1 unspecified atom stereocenters. The van der Waals surface area contributed by atoms with Crippen molar-refractivity contribution in [1.29, 1.82) is 0 Å². The number of amides is 2. The average molecular weight is 486 g/mol. The first-order valence-electron chi connectivity index (χ1n) is 12.5. The highest BCUT2D eigenvalue weighted by atomic mass is 16.6. The lowest BCUT2D eigenvalue weighted by molar-refractivity contribution is -0.135. The van der Waals surface area contributed by atoms with Gasteiger partial charge in [-0.3, -0.25) is 14.5 Å². The first-order valence-corrected chi connectivity index (χ1v) is 12.5. The van der Waals surface area contributed by atoms with Crippen LogP contribution in [0.1, 0.15) is 21.5 Å². The maximum absolute atomic E-state index is 13.6. The summed E-state index contributed by atoms with van der Waals surface area (Å²) in [6.45, 7) is 4.72. The minimum Gasteiger partial charge on any atom is -0.486 e. The van der Waals surface area contributed by atoms with Gasteiger partial charge in [-0.05, 0) is 35.4 Å². The Hall–Kier alpha value is -3.84. The molecule has 0 radical (unpaired) electrons. The first kappa shape index (κ1) is 23.9. The highest BCUT2D eigenvalue weighted by molar-refractivity contribution is 5.97. The Labute approximate surface area is 211 Å². The Balaban J connectivity index is 1.21. The van der Waals surface area contributed by atoms with Crippen LogP contribution in [-0.4, -0.2) is 67.0 Å². The number of carbonyl (C=O) groups excluding carboxylic acids is 2. The van der Waals surface area contributed by atoms with Gasteiger partial charge in [0, 0.05) is 44.7 Å². The molecule has 2 heterocycles. The summed E-state index contributed by atoms with van der Waals surface area (Å²) >= 11 is 0. The molecule has 7 heteroatoms. The van der Waals surface area contributed by atoms with Crippen LogP contribution in [0.25, 0.3) is 0 Å². The van der Waals surface area contributed by atoms with Gasteiger partial charge in [0.1, 0.15) is 19.3 Å². The number of hydrogen-bond donors (Lipinski definition) is 1. The number of hydrogen-bond acceptors (Lipinski definition) is 5. The molecule has 3 aromatic rings. The molecule has 7 nitrogen and oxygen atoms in total. The van der Waals surface area contributed by atoms with E-state index in [9.17, 15) is 9.59 Å². The summed E-state index contributed by atoms with van der Waals surface area (Å²) in [6, 6.07) is 24.3. The van der Waals surface area contributed by atoms with Crippen molar-refractivity contribution in [2.24, 2.45) is 0 Å². The summed E-state index contributed by atoms with van der Waals surface area (Å²) in [5.41, 5.74) is 2.73. The largest absolute Gasteiger partial charge is 0.486 e. The number of fused-ring (bicyclic) bond motifs is 1. The zero-order chi connectivity index (χ0) is 24.7. The molecule has 5 rings (SSSR count). The fraction of sp³-hybridized carbons (Fsp3) is 0.310. The van der Waals surface area contributed by atoms with Crippen molar-refractivity contribution >= 4 is 11.8 Å². The van der Waals surface area contributed by atoms with E-state index >= 15 is 0 Å². The number of piperazine rings is 1. The van der Waals surface area contributed by atoms with Crippen LogP contribution < -0.4 is 14.8 Å². The minimum atomic E-state index is -0.621. The molecular formula is C29H31N3O4. The summed E-state index contributed by atoms with van der Waals surface area (Å²) in [4.78, 5) is 30.6. The minimum absolute atomic E-state index is 0.0397. The van der Waals surface area contributed by atoms with E-state index in [1.807, 2.05) is 65.6 Å². The number of benzene rings is 3. The van der Waals surface area contributed by atoms with Gasteiger partial charge in [0.25, 0.3) is 5.91 Å². The summed E-state index contributed by atoms with van der Waals surface area (Å²) in [5.74, 6) is 1.32. The van der Waals surface area contributed by atoms with Crippen molar-refractivity contribution in [2.75, 3.05) is 39.4 Å². The molecule has 3 aromatic carbocycles. The van der Waals surface area contributed by atoms with Crippen molar-refractivity contribution in [1.82, 2.24) is 15.1 Å². The average Bonchev–Trinajstić information content (AvgIpc) is 2.94. The van der Waals surface area contributed by atoms with Gasteiger partial charge in [0.2, 0.25) is 5.91 Å². The topological polar surface area (TPSA) is 71.1 Å². The van der Waals surface area contributed by atoms with E-state index in [-0.39, 0.29) is 11.8 Å². The molecule has 1 N–H and O–H groups in total.